The van der Waals surface area contributed by atoms with Crippen LogP contribution in [0.5, 0.6) is 0 Å². The summed E-state index contributed by atoms with van der Waals surface area (Å²) < 4.78 is 0. The fourth-order valence-electron chi connectivity index (χ4n) is 0.836. The predicted octanol–water partition coefficient (Wildman–Crippen LogP) is 2.79. The molecule has 1 aromatic rings. The average Bonchev–Trinajstić information content (AvgIpc) is 2.04. The molecular formula is C7H6N2O2. The van der Waals surface area contributed by atoms with E-state index in [1.165, 1.54) is 6.07 Å². The highest BCUT2D eigenvalue weighted by Gasteiger charge is 2.04. The van der Waals surface area contributed by atoms with Crippen LogP contribution in [-0.2, 0) is 0 Å². The van der Waals surface area contributed by atoms with Crippen LogP contribution in [0.2, 0.25) is 0 Å². The standard InChI is InChI=1S/C7H6N2O2/c1-5-3-2-4-6(8-10)7(5)9-11/h2-4H,1H3. The molecule has 0 aliphatic carbocycles. The van der Waals surface area contributed by atoms with Gasteiger partial charge >= 0.3 is 0 Å². The van der Waals surface area contributed by atoms with Crippen LogP contribution in [0.25, 0.3) is 0 Å². The van der Waals surface area contributed by atoms with Gasteiger partial charge in [-0.3, -0.25) is 0 Å². The maximum absolute atomic E-state index is 10.2. The van der Waals surface area contributed by atoms with Crippen molar-refractivity contribution in [3.05, 3.63) is 33.6 Å². The minimum Gasteiger partial charge on any atom is -0.145 e. The zero-order chi connectivity index (χ0) is 8.27. The third-order valence-electron chi connectivity index (χ3n) is 1.41. The molecule has 0 saturated carbocycles. The summed E-state index contributed by atoms with van der Waals surface area (Å²) in [6.07, 6.45) is 0. The van der Waals surface area contributed by atoms with Crippen LogP contribution in [0.3, 0.4) is 0 Å². The van der Waals surface area contributed by atoms with E-state index in [0.29, 0.717) is 5.56 Å². The van der Waals surface area contributed by atoms with Crippen LogP contribution in [0.1, 0.15) is 5.56 Å². The minimum atomic E-state index is 0.0972. The fraction of sp³-hybridized carbons (Fsp3) is 0.143. The van der Waals surface area contributed by atoms with Crippen molar-refractivity contribution >= 4 is 11.4 Å². The average molecular weight is 150 g/mol. The van der Waals surface area contributed by atoms with E-state index in [1.54, 1.807) is 19.1 Å². The van der Waals surface area contributed by atoms with Gasteiger partial charge in [0, 0.05) is 0 Å². The smallest absolute Gasteiger partial charge is 0.140 e. The zero-order valence-electron chi connectivity index (χ0n) is 5.94. The first-order valence-electron chi connectivity index (χ1n) is 3.06. The summed E-state index contributed by atoms with van der Waals surface area (Å²) in [5, 5.41) is 5.36. The van der Waals surface area contributed by atoms with E-state index < -0.39 is 0 Å². The van der Waals surface area contributed by atoms with Gasteiger partial charge in [-0.15, -0.1) is 9.81 Å². The number of hydrogen-bond donors (Lipinski definition) is 0. The van der Waals surface area contributed by atoms with Crippen LogP contribution < -0.4 is 0 Å². The van der Waals surface area contributed by atoms with Gasteiger partial charge in [0.15, 0.2) is 0 Å². The van der Waals surface area contributed by atoms with Gasteiger partial charge in [-0.25, -0.2) is 0 Å². The molecule has 4 nitrogen and oxygen atoms in total. The van der Waals surface area contributed by atoms with Gasteiger partial charge in [0.2, 0.25) is 0 Å². The Labute approximate surface area is 63.2 Å². The molecule has 4 heteroatoms. The van der Waals surface area contributed by atoms with Gasteiger partial charge in [0.25, 0.3) is 0 Å². The summed E-state index contributed by atoms with van der Waals surface area (Å²) in [5.74, 6) is 0. The Kier molecular flexibility index (Phi) is 2.06. The van der Waals surface area contributed by atoms with Crippen LogP contribution in [0, 0.1) is 16.7 Å². The van der Waals surface area contributed by atoms with Crippen LogP contribution in [-0.4, -0.2) is 0 Å². The molecule has 0 aliphatic heterocycles. The minimum absolute atomic E-state index is 0.0972. The Morgan fingerprint density at radius 1 is 1.18 bits per heavy atom. The molecule has 1 rings (SSSR count). The number of nitrogens with zero attached hydrogens (tertiary/aromatic N) is 2. The molecule has 0 radical (unpaired) electrons. The van der Waals surface area contributed by atoms with Crippen molar-refractivity contribution in [3.63, 3.8) is 0 Å². The molecular weight excluding hydrogens is 144 g/mol. The van der Waals surface area contributed by atoms with Gasteiger partial charge in [0.05, 0.1) is 0 Å². The summed E-state index contributed by atoms with van der Waals surface area (Å²) in [6.45, 7) is 1.70. The highest BCUT2D eigenvalue weighted by molar-refractivity contribution is 5.65. The SMILES string of the molecule is Cc1cccc(N=O)c1N=O. The number of nitroso groups, excluding NO2 is 2. The Hall–Kier alpha value is -1.58. The van der Waals surface area contributed by atoms with Crippen molar-refractivity contribution in [2.75, 3.05) is 0 Å². The lowest BCUT2D eigenvalue weighted by Gasteiger charge is -1.95. The molecule has 0 N–H and O–H groups in total. The summed E-state index contributed by atoms with van der Waals surface area (Å²) in [6, 6.07) is 4.81. The quantitative estimate of drug-likeness (QED) is 0.608. The molecule has 56 valence electrons. The third kappa shape index (κ3) is 1.29. The summed E-state index contributed by atoms with van der Waals surface area (Å²) in [5.41, 5.74) is 0.889. The first-order chi connectivity index (χ1) is 5.29. The van der Waals surface area contributed by atoms with Crippen LogP contribution in [0.4, 0.5) is 11.4 Å². The Balaban J connectivity index is 3.35. The van der Waals surface area contributed by atoms with E-state index in [2.05, 4.69) is 10.4 Å². The molecule has 0 bridgehead atoms. The highest BCUT2D eigenvalue weighted by Crippen LogP contribution is 2.30. The maximum Gasteiger partial charge on any atom is 0.140 e. The molecule has 0 spiro atoms. The Bertz CT molecular complexity index is 296. The van der Waals surface area contributed by atoms with Gasteiger partial charge in [-0.1, -0.05) is 12.1 Å². The van der Waals surface area contributed by atoms with Crippen molar-refractivity contribution in [2.24, 2.45) is 10.4 Å². The number of rotatable bonds is 2. The molecule has 0 fully saturated rings. The Morgan fingerprint density at radius 3 is 2.36 bits per heavy atom. The normalized spacial score (nSPS) is 9.18. The second kappa shape index (κ2) is 3.01. The van der Waals surface area contributed by atoms with Crippen molar-refractivity contribution in [2.45, 2.75) is 6.92 Å². The lowest BCUT2D eigenvalue weighted by Crippen LogP contribution is -1.72. The van der Waals surface area contributed by atoms with E-state index in [9.17, 15) is 9.81 Å². The second-order valence-corrected chi connectivity index (χ2v) is 2.13. The van der Waals surface area contributed by atoms with Crippen molar-refractivity contribution in [1.29, 1.82) is 0 Å². The van der Waals surface area contributed by atoms with E-state index in [0.717, 1.165) is 0 Å². The van der Waals surface area contributed by atoms with Gasteiger partial charge in [0.1, 0.15) is 11.4 Å². The maximum atomic E-state index is 10.2. The fourth-order valence-corrected chi connectivity index (χ4v) is 0.836. The highest BCUT2D eigenvalue weighted by atomic mass is 16.3. The summed E-state index contributed by atoms with van der Waals surface area (Å²) >= 11 is 0. The molecule has 0 saturated heterocycles. The molecule has 0 aromatic heterocycles. The van der Waals surface area contributed by atoms with Crippen LogP contribution >= 0.6 is 0 Å². The number of aryl methyl sites for hydroxylation is 1. The summed E-state index contributed by atoms with van der Waals surface area (Å²) in [7, 11) is 0. The monoisotopic (exact) mass is 150 g/mol. The second-order valence-electron chi connectivity index (χ2n) is 2.13. The van der Waals surface area contributed by atoms with E-state index in [-0.39, 0.29) is 11.4 Å². The van der Waals surface area contributed by atoms with Gasteiger partial charge in [-0.2, -0.15) is 0 Å². The third-order valence-corrected chi connectivity index (χ3v) is 1.41. The van der Waals surface area contributed by atoms with E-state index in [1.807, 2.05) is 0 Å². The predicted molar refractivity (Wildman–Crippen MR) is 42.1 cm³/mol. The molecule has 0 aliphatic rings. The molecule has 0 heterocycles. The lowest BCUT2D eigenvalue weighted by atomic mass is 10.2. The Morgan fingerprint density at radius 2 is 1.91 bits per heavy atom. The zero-order valence-corrected chi connectivity index (χ0v) is 5.94. The number of benzene rings is 1. The molecule has 1 aromatic carbocycles. The van der Waals surface area contributed by atoms with Crippen molar-refractivity contribution in [3.8, 4) is 0 Å². The van der Waals surface area contributed by atoms with E-state index in [4.69, 9.17) is 0 Å². The van der Waals surface area contributed by atoms with E-state index >= 15 is 0 Å². The molecule has 0 atom stereocenters. The van der Waals surface area contributed by atoms with Gasteiger partial charge in [-0.05, 0) is 28.9 Å². The summed E-state index contributed by atoms with van der Waals surface area (Å²) in [4.78, 5) is 20.2. The van der Waals surface area contributed by atoms with Crippen molar-refractivity contribution in [1.82, 2.24) is 0 Å². The van der Waals surface area contributed by atoms with Crippen molar-refractivity contribution < 1.29 is 0 Å². The topological polar surface area (TPSA) is 58.9 Å². The molecule has 0 unspecified atom stereocenters. The lowest BCUT2D eigenvalue weighted by molar-refractivity contribution is 1.35. The number of hydrogen-bond acceptors (Lipinski definition) is 4. The van der Waals surface area contributed by atoms with Gasteiger partial charge < -0.3 is 0 Å². The largest absolute Gasteiger partial charge is 0.145 e. The first kappa shape index (κ1) is 7.53. The van der Waals surface area contributed by atoms with Crippen LogP contribution in [0.15, 0.2) is 28.6 Å². The molecule has 11 heavy (non-hydrogen) atoms. The first-order valence-corrected chi connectivity index (χ1v) is 3.06. The molecule has 0 amide bonds.